The summed E-state index contributed by atoms with van der Waals surface area (Å²) in [4.78, 5) is 0. The van der Waals surface area contributed by atoms with Crippen LogP contribution in [0.4, 0.5) is 17.6 Å². The monoisotopic (exact) mass is 313 g/mol. The van der Waals surface area contributed by atoms with Gasteiger partial charge in [-0.2, -0.15) is 8.78 Å². The zero-order chi connectivity index (χ0) is 16.1. The Labute approximate surface area is 125 Å². The standard InChI is InChI=1S/C16H15F4NO/c1-10(12-3-2-4-13(8-12)22-16(19)20)21-9-11-5-6-14(17)15(18)7-11/h2-8,10,16,21H,9H2,1H3. The highest BCUT2D eigenvalue weighted by Crippen LogP contribution is 2.21. The number of benzene rings is 2. The van der Waals surface area contributed by atoms with Crippen molar-refractivity contribution in [2.45, 2.75) is 26.1 Å². The molecule has 22 heavy (non-hydrogen) atoms. The molecule has 0 amide bonds. The molecule has 1 atom stereocenters. The number of rotatable bonds is 6. The van der Waals surface area contributed by atoms with E-state index in [0.29, 0.717) is 12.1 Å². The molecular weight excluding hydrogens is 298 g/mol. The van der Waals surface area contributed by atoms with Crippen LogP contribution in [0.2, 0.25) is 0 Å². The summed E-state index contributed by atoms with van der Waals surface area (Å²) in [5.74, 6) is -1.72. The van der Waals surface area contributed by atoms with E-state index >= 15 is 0 Å². The Bertz CT molecular complexity index is 633. The lowest BCUT2D eigenvalue weighted by atomic mass is 10.1. The number of alkyl halides is 2. The van der Waals surface area contributed by atoms with Gasteiger partial charge in [-0.1, -0.05) is 18.2 Å². The molecule has 2 aromatic rings. The Morgan fingerprint density at radius 3 is 2.50 bits per heavy atom. The van der Waals surface area contributed by atoms with E-state index in [1.54, 1.807) is 12.1 Å². The third-order valence-corrected chi connectivity index (χ3v) is 3.18. The van der Waals surface area contributed by atoms with Crippen molar-refractivity contribution in [3.8, 4) is 5.75 Å². The maximum Gasteiger partial charge on any atom is 0.387 e. The fraction of sp³-hybridized carbons (Fsp3) is 0.250. The van der Waals surface area contributed by atoms with Gasteiger partial charge < -0.3 is 10.1 Å². The van der Waals surface area contributed by atoms with Gasteiger partial charge >= 0.3 is 6.61 Å². The lowest BCUT2D eigenvalue weighted by Gasteiger charge is -2.15. The van der Waals surface area contributed by atoms with Crippen LogP contribution >= 0.6 is 0 Å². The van der Waals surface area contributed by atoms with Crippen molar-refractivity contribution in [3.63, 3.8) is 0 Å². The van der Waals surface area contributed by atoms with E-state index in [9.17, 15) is 17.6 Å². The van der Waals surface area contributed by atoms with Crippen molar-refractivity contribution in [2.75, 3.05) is 0 Å². The molecule has 2 aromatic carbocycles. The summed E-state index contributed by atoms with van der Waals surface area (Å²) in [6, 6.07) is 9.82. The van der Waals surface area contributed by atoms with Gasteiger partial charge in [-0.05, 0) is 42.3 Å². The largest absolute Gasteiger partial charge is 0.435 e. The average Bonchev–Trinajstić information content (AvgIpc) is 2.48. The maximum atomic E-state index is 13.1. The zero-order valence-corrected chi connectivity index (χ0v) is 11.8. The number of hydrogen-bond acceptors (Lipinski definition) is 2. The Kier molecular flexibility index (Phi) is 5.38. The Morgan fingerprint density at radius 1 is 1.05 bits per heavy atom. The molecule has 0 aromatic heterocycles. The molecule has 0 spiro atoms. The second-order valence-electron chi connectivity index (χ2n) is 4.80. The summed E-state index contributed by atoms with van der Waals surface area (Å²) in [5, 5.41) is 3.11. The lowest BCUT2D eigenvalue weighted by Crippen LogP contribution is -2.18. The van der Waals surface area contributed by atoms with Gasteiger partial charge in [-0.15, -0.1) is 0 Å². The molecule has 0 radical (unpaired) electrons. The topological polar surface area (TPSA) is 21.3 Å². The van der Waals surface area contributed by atoms with Crippen molar-refractivity contribution >= 4 is 0 Å². The molecule has 1 unspecified atom stereocenters. The summed E-state index contributed by atoms with van der Waals surface area (Å²) in [6.45, 7) is -0.722. The summed E-state index contributed by atoms with van der Waals surface area (Å²) in [5.41, 5.74) is 1.34. The minimum absolute atomic E-state index is 0.0778. The molecule has 0 bridgehead atoms. The van der Waals surface area contributed by atoms with Gasteiger partial charge in [0.05, 0.1) is 0 Å². The molecule has 0 aliphatic rings. The van der Waals surface area contributed by atoms with Crippen LogP contribution in [-0.4, -0.2) is 6.61 Å². The average molecular weight is 313 g/mol. The molecule has 6 heteroatoms. The highest BCUT2D eigenvalue weighted by atomic mass is 19.3. The van der Waals surface area contributed by atoms with Crippen molar-refractivity contribution < 1.29 is 22.3 Å². The van der Waals surface area contributed by atoms with Gasteiger partial charge in [0.1, 0.15) is 5.75 Å². The molecule has 0 saturated heterocycles. The van der Waals surface area contributed by atoms with E-state index in [2.05, 4.69) is 10.1 Å². The second-order valence-corrected chi connectivity index (χ2v) is 4.80. The summed E-state index contributed by atoms with van der Waals surface area (Å²) in [7, 11) is 0. The molecule has 0 fully saturated rings. The van der Waals surface area contributed by atoms with Crippen molar-refractivity contribution in [3.05, 3.63) is 65.2 Å². The van der Waals surface area contributed by atoms with Gasteiger partial charge in [0.15, 0.2) is 11.6 Å². The van der Waals surface area contributed by atoms with Crippen LogP contribution in [0.3, 0.4) is 0 Å². The molecule has 0 aliphatic carbocycles. The van der Waals surface area contributed by atoms with E-state index in [-0.39, 0.29) is 11.8 Å². The number of hydrogen-bond donors (Lipinski definition) is 1. The highest BCUT2D eigenvalue weighted by molar-refractivity contribution is 5.30. The van der Waals surface area contributed by atoms with Crippen LogP contribution in [0.15, 0.2) is 42.5 Å². The predicted molar refractivity (Wildman–Crippen MR) is 74.7 cm³/mol. The molecule has 118 valence electrons. The Morgan fingerprint density at radius 2 is 1.82 bits per heavy atom. The Hall–Kier alpha value is -2.08. The van der Waals surface area contributed by atoms with Crippen molar-refractivity contribution in [1.29, 1.82) is 0 Å². The van der Waals surface area contributed by atoms with E-state index in [1.165, 1.54) is 18.2 Å². The fourth-order valence-corrected chi connectivity index (χ4v) is 2.00. The number of ether oxygens (including phenoxy) is 1. The molecule has 2 nitrogen and oxygen atoms in total. The van der Waals surface area contributed by atoms with Crippen LogP contribution in [0.25, 0.3) is 0 Å². The molecule has 0 heterocycles. The molecule has 0 saturated carbocycles. The number of nitrogens with one attached hydrogen (secondary N) is 1. The van der Waals surface area contributed by atoms with Crippen molar-refractivity contribution in [1.82, 2.24) is 5.32 Å². The minimum atomic E-state index is -2.87. The highest BCUT2D eigenvalue weighted by Gasteiger charge is 2.09. The predicted octanol–water partition coefficient (Wildman–Crippen LogP) is 4.42. The normalized spacial score (nSPS) is 12.5. The van der Waals surface area contributed by atoms with Gasteiger partial charge in [-0.25, -0.2) is 8.78 Å². The van der Waals surface area contributed by atoms with Crippen molar-refractivity contribution in [2.24, 2.45) is 0 Å². The quantitative estimate of drug-likeness (QED) is 0.797. The molecule has 2 rings (SSSR count). The molecule has 0 aliphatic heterocycles. The minimum Gasteiger partial charge on any atom is -0.435 e. The van der Waals surface area contributed by atoms with E-state index in [1.807, 2.05) is 6.92 Å². The zero-order valence-electron chi connectivity index (χ0n) is 11.8. The summed E-state index contributed by atoms with van der Waals surface area (Å²) < 4.78 is 54.7. The van der Waals surface area contributed by atoms with Crippen LogP contribution in [-0.2, 0) is 6.54 Å². The lowest BCUT2D eigenvalue weighted by molar-refractivity contribution is -0.0499. The van der Waals surface area contributed by atoms with Gasteiger partial charge in [0.2, 0.25) is 0 Å². The number of halogens is 4. The third kappa shape index (κ3) is 4.46. The summed E-state index contributed by atoms with van der Waals surface area (Å²) >= 11 is 0. The Balaban J connectivity index is 1.99. The second kappa shape index (κ2) is 7.26. The summed E-state index contributed by atoms with van der Waals surface area (Å²) in [6.07, 6.45) is 0. The smallest absolute Gasteiger partial charge is 0.387 e. The van der Waals surface area contributed by atoms with Crippen LogP contribution in [0, 0.1) is 11.6 Å². The first-order chi connectivity index (χ1) is 10.5. The first-order valence-corrected chi connectivity index (χ1v) is 6.68. The molecular formula is C16H15F4NO. The maximum absolute atomic E-state index is 13.1. The van der Waals surface area contributed by atoms with Gasteiger partial charge in [0, 0.05) is 12.6 Å². The van der Waals surface area contributed by atoms with E-state index < -0.39 is 18.2 Å². The van der Waals surface area contributed by atoms with E-state index in [0.717, 1.165) is 17.7 Å². The van der Waals surface area contributed by atoms with Crippen LogP contribution in [0.1, 0.15) is 24.1 Å². The fourth-order valence-electron chi connectivity index (χ4n) is 2.00. The van der Waals surface area contributed by atoms with Gasteiger partial charge in [-0.3, -0.25) is 0 Å². The van der Waals surface area contributed by atoms with E-state index in [4.69, 9.17) is 0 Å². The van der Waals surface area contributed by atoms with Crippen LogP contribution < -0.4 is 10.1 Å². The SMILES string of the molecule is CC(NCc1ccc(F)c(F)c1)c1cccc(OC(F)F)c1. The first-order valence-electron chi connectivity index (χ1n) is 6.68. The first kappa shape index (κ1) is 16.3. The molecule has 1 N–H and O–H groups in total. The third-order valence-electron chi connectivity index (χ3n) is 3.18. The van der Waals surface area contributed by atoms with Crippen LogP contribution in [0.5, 0.6) is 5.75 Å². The van der Waals surface area contributed by atoms with Gasteiger partial charge in [0.25, 0.3) is 0 Å².